The van der Waals surface area contributed by atoms with Crippen LogP contribution < -0.4 is 0 Å². The molecule has 0 bridgehead atoms. The van der Waals surface area contributed by atoms with E-state index in [0.29, 0.717) is 6.42 Å². The molecule has 0 heterocycles. The molecule has 1 fully saturated rings. The van der Waals surface area contributed by atoms with Crippen LogP contribution in [0.4, 0.5) is 4.39 Å². The highest BCUT2D eigenvalue weighted by atomic mass is 19.1. The molecule has 1 nitrogen and oxygen atoms in total. The van der Waals surface area contributed by atoms with Crippen molar-refractivity contribution >= 4 is 0 Å². The first-order valence-corrected chi connectivity index (χ1v) is 4.14. The van der Waals surface area contributed by atoms with Gasteiger partial charge in [0.1, 0.15) is 6.17 Å². The number of halogens is 1. The van der Waals surface area contributed by atoms with Gasteiger partial charge in [-0.25, -0.2) is 4.39 Å². The molecule has 0 saturated heterocycles. The van der Waals surface area contributed by atoms with Gasteiger partial charge in [0.2, 0.25) is 0 Å². The summed E-state index contributed by atoms with van der Waals surface area (Å²) in [6.07, 6.45) is -0.266. The van der Waals surface area contributed by atoms with E-state index in [0.717, 1.165) is 5.56 Å². The number of rotatable bonds is 2. The highest BCUT2D eigenvalue weighted by Gasteiger charge is 2.52. The Morgan fingerprint density at radius 3 is 2.42 bits per heavy atom. The lowest BCUT2D eigenvalue weighted by atomic mass is 9.96. The molecule has 1 aromatic rings. The van der Waals surface area contributed by atoms with Gasteiger partial charge < -0.3 is 5.73 Å². The predicted octanol–water partition coefficient (Wildman–Crippen LogP) is 2.72. The first-order valence-electron chi connectivity index (χ1n) is 4.14. The van der Waals surface area contributed by atoms with Gasteiger partial charge in [-0.15, -0.1) is 6.54 Å². The van der Waals surface area contributed by atoms with Crippen molar-refractivity contribution in [3.05, 3.63) is 41.6 Å². The highest BCUT2D eigenvalue weighted by molar-refractivity contribution is 5.36. The van der Waals surface area contributed by atoms with Gasteiger partial charge in [0.05, 0.1) is 0 Å². The Hall–Kier alpha value is -0.890. The molecule has 0 aliphatic heterocycles. The first kappa shape index (κ1) is 7.74. The Labute approximate surface area is 71.4 Å². The summed E-state index contributed by atoms with van der Waals surface area (Å²) in [5, 5.41) is 0. The molecule has 2 rings (SSSR count). The average molecular weight is 164 g/mol. The summed E-state index contributed by atoms with van der Waals surface area (Å²) in [6.45, 7) is 0.165. The van der Waals surface area contributed by atoms with E-state index in [1.54, 1.807) is 0 Å². The molecule has 2 atom stereocenters. The van der Waals surface area contributed by atoms with Crippen LogP contribution >= 0.6 is 0 Å². The summed E-state index contributed by atoms with van der Waals surface area (Å²) in [7, 11) is 0. The summed E-state index contributed by atoms with van der Waals surface area (Å²) in [5.41, 5.74) is 7.82. The van der Waals surface area contributed by atoms with E-state index in [1.807, 2.05) is 30.3 Å². The van der Waals surface area contributed by atoms with Crippen molar-refractivity contribution in [1.29, 1.82) is 0 Å². The monoisotopic (exact) mass is 164 g/mol. The molecule has 64 valence electrons. The van der Waals surface area contributed by atoms with Crippen LogP contribution in [-0.2, 0) is 5.41 Å². The Morgan fingerprint density at radius 2 is 2.00 bits per heavy atom. The summed E-state index contributed by atoms with van der Waals surface area (Å²) < 4.78 is 13.0. The molecule has 2 unspecified atom stereocenters. The Morgan fingerprint density at radius 1 is 1.42 bits per heavy atom. The standard InChI is InChI=1S/C10H11FN/c11-9-6-10(9,7-12)8-4-2-1-3-5-8/h1-5,9,12H,6-7H2/q-1. The third-order valence-electron chi connectivity index (χ3n) is 2.65. The van der Waals surface area contributed by atoms with Crippen molar-refractivity contribution in [1.82, 2.24) is 0 Å². The first-order chi connectivity index (χ1) is 5.79. The Balaban J connectivity index is 2.31. The number of nitrogens with one attached hydrogen (secondary N) is 1. The van der Waals surface area contributed by atoms with Gasteiger partial charge in [0, 0.05) is 5.41 Å². The highest BCUT2D eigenvalue weighted by Crippen LogP contribution is 2.50. The van der Waals surface area contributed by atoms with Crippen molar-refractivity contribution in [3.63, 3.8) is 0 Å². The van der Waals surface area contributed by atoms with Crippen molar-refractivity contribution < 1.29 is 4.39 Å². The molecule has 12 heavy (non-hydrogen) atoms. The zero-order chi connectivity index (χ0) is 8.60. The molecule has 1 N–H and O–H groups in total. The van der Waals surface area contributed by atoms with Crippen molar-refractivity contribution in [3.8, 4) is 0 Å². The zero-order valence-electron chi connectivity index (χ0n) is 6.76. The minimum atomic E-state index is -0.794. The second kappa shape index (κ2) is 2.56. The Bertz CT molecular complexity index is 268. The average Bonchev–Trinajstić information content (AvgIpc) is 2.80. The number of alkyl halides is 1. The second-order valence-corrected chi connectivity index (χ2v) is 3.37. The maximum atomic E-state index is 13.0. The minimum absolute atomic E-state index is 0.165. The molecule has 0 radical (unpaired) electrons. The molecule has 0 aromatic heterocycles. The molecule has 1 aliphatic carbocycles. The second-order valence-electron chi connectivity index (χ2n) is 3.37. The van der Waals surface area contributed by atoms with Gasteiger partial charge >= 0.3 is 0 Å². The largest absolute Gasteiger partial charge is 0.677 e. The summed E-state index contributed by atoms with van der Waals surface area (Å²) in [4.78, 5) is 0. The maximum Gasteiger partial charge on any atom is 0.109 e. The fourth-order valence-corrected chi connectivity index (χ4v) is 1.61. The number of hydrogen-bond donors (Lipinski definition) is 0. The molecule has 1 aromatic carbocycles. The van der Waals surface area contributed by atoms with Crippen LogP contribution in [0.5, 0.6) is 0 Å². The summed E-state index contributed by atoms with van der Waals surface area (Å²) >= 11 is 0. The molecule has 0 spiro atoms. The van der Waals surface area contributed by atoms with E-state index in [-0.39, 0.29) is 6.54 Å². The van der Waals surface area contributed by atoms with Crippen LogP contribution in [-0.4, -0.2) is 12.7 Å². The Kier molecular flexibility index (Phi) is 1.65. The van der Waals surface area contributed by atoms with Crippen LogP contribution in [0.2, 0.25) is 0 Å². The molecular weight excluding hydrogens is 153 g/mol. The van der Waals surface area contributed by atoms with E-state index in [2.05, 4.69) is 0 Å². The lowest BCUT2D eigenvalue weighted by molar-refractivity contribution is 0.430. The zero-order valence-corrected chi connectivity index (χ0v) is 6.76. The van der Waals surface area contributed by atoms with Crippen LogP contribution in [0.15, 0.2) is 30.3 Å². The van der Waals surface area contributed by atoms with Crippen molar-refractivity contribution in [2.75, 3.05) is 6.54 Å². The van der Waals surface area contributed by atoms with Crippen LogP contribution in [0, 0.1) is 0 Å². The van der Waals surface area contributed by atoms with Crippen LogP contribution in [0.25, 0.3) is 5.73 Å². The molecule has 0 amide bonds. The lowest BCUT2D eigenvalue weighted by Crippen LogP contribution is -2.13. The number of hydrogen-bond acceptors (Lipinski definition) is 0. The van der Waals surface area contributed by atoms with Gasteiger partial charge in [-0.1, -0.05) is 30.3 Å². The summed E-state index contributed by atoms with van der Waals surface area (Å²) in [6, 6.07) is 9.54. The van der Waals surface area contributed by atoms with E-state index < -0.39 is 11.6 Å². The smallest absolute Gasteiger partial charge is 0.109 e. The molecule has 1 saturated carbocycles. The fourth-order valence-electron chi connectivity index (χ4n) is 1.61. The van der Waals surface area contributed by atoms with Gasteiger partial charge in [-0.3, -0.25) is 0 Å². The van der Waals surface area contributed by atoms with Crippen LogP contribution in [0.3, 0.4) is 0 Å². The molecule has 1 aliphatic rings. The lowest BCUT2D eigenvalue weighted by Gasteiger charge is -2.17. The van der Waals surface area contributed by atoms with Gasteiger partial charge in [0.25, 0.3) is 0 Å². The van der Waals surface area contributed by atoms with E-state index in [9.17, 15) is 4.39 Å². The SMILES string of the molecule is [NH-]CC1(c2ccccc2)CC1F. The topological polar surface area (TPSA) is 23.8 Å². The number of benzene rings is 1. The quantitative estimate of drug-likeness (QED) is 0.641. The third kappa shape index (κ3) is 0.950. The van der Waals surface area contributed by atoms with Crippen molar-refractivity contribution in [2.45, 2.75) is 18.0 Å². The maximum absolute atomic E-state index is 13.0. The third-order valence-corrected chi connectivity index (χ3v) is 2.65. The summed E-state index contributed by atoms with van der Waals surface area (Å²) in [5.74, 6) is 0. The van der Waals surface area contributed by atoms with E-state index in [1.165, 1.54) is 0 Å². The molecular formula is C10H11FN-. The fraction of sp³-hybridized carbons (Fsp3) is 0.400. The van der Waals surface area contributed by atoms with Gasteiger partial charge in [0.15, 0.2) is 0 Å². The van der Waals surface area contributed by atoms with Crippen LogP contribution in [0.1, 0.15) is 12.0 Å². The normalized spacial score (nSPS) is 33.3. The predicted molar refractivity (Wildman–Crippen MR) is 46.8 cm³/mol. The van der Waals surface area contributed by atoms with Crippen molar-refractivity contribution in [2.24, 2.45) is 0 Å². The van der Waals surface area contributed by atoms with E-state index in [4.69, 9.17) is 5.73 Å². The minimum Gasteiger partial charge on any atom is -0.677 e. The van der Waals surface area contributed by atoms with Gasteiger partial charge in [-0.2, -0.15) is 0 Å². The van der Waals surface area contributed by atoms with Gasteiger partial charge in [-0.05, 0) is 12.0 Å². The van der Waals surface area contributed by atoms with E-state index >= 15 is 0 Å². The molecule has 2 heteroatoms.